The van der Waals surface area contributed by atoms with Gasteiger partial charge in [-0.2, -0.15) is 10.1 Å². The predicted molar refractivity (Wildman–Crippen MR) is 120 cm³/mol. The quantitative estimate of drug-likeness (QED) is 0.299. The molecular weight excluding hydrogens is 429 g/mol. The van der Waals surface area contributed by atoms with E-state index in [1.807, 2.05) is 0 Å². The van der Waals surface area contributed by atoms with Gasteiger partial charge in [-0.1, -0.05) is 18.2 Å². The molecule has 4 rings (SSSR count). The van der Waals surface area contributed by atoms with Crippen molar-refractivity contribution < 1.29 is 18.7 Å². The van der Waals surface area contributed by atoms with E-state index < -0.39 is 5.91 Å². The molecule has 10 nitrogen and oxygen atoms in total. The topological polar surface area (TPSA) is 154 Å². The van der Waals surface area contributed by atoms with Gasteiger partial charge in [-0.15, -0.1) is 0 Å². The van der Waals surface area contributed by atoms with Crippen LogP contribution in [0.5, 0.6) is 11.6 Å². The molecule has 0 aliphatic carbocycles. The van der Waals surface area contributed by atoms with Gasteiger partial charge in [-0.25, -0.2) is 4.39 Å². The predicted octanol–water partition coefficient (Wildman–Crippen LogP) is 3.02. The molecular formula is C22H20FN7O3. The Morgan fingerprint density at radius 1 is 1.18 bits per heavy atom. The molecule has 2 aromatic carbocycles. The third-order valence-corrected chi connectivity index (χ3v) is 4.69. The number of hydrogen-bond donors (Lipinski definition) is 4. The van der Waals surface area contributed by atoms with Crippen LogP contribution in [0.15, 0.2) is 54.9 Å². The maximum Gasteiger partial charge on any atom is 0.254 e. The summed E-state index contributed by atoms with van der Waals surface area (Å²) in [6.07, 6.45) is 2.89. The Morgan fingerprint density at radius 3 is 2.70 bits per heavy atom. The van der Waals surface area contributed by atoms with E-state index in [2.05, 4.69) is 25.5 Å². The number of hydrogen-bond acceptors (Lipinski definition) is 8. The lowest BCUT2D eigenvalue weighted by molar-refractivity contribution is 0.100. The van der Waals surface area contributed by atoms with E-state index in [0.717, 1.165) is 5.56 Å². The SMILES string of the molecule is COc1cncc(Nc2n[nH]c(-c3ccc(N)c(OCc4ccc(F)cc4)c3)c2C(N)=O)n1. The van der Waals surface area contributed by atoms with Crippen molar-refractivity contribution in [3.8, 4) is 22.9 Å². The summed E-state index contributed by atoms with van der Waals surface area (Å²) in [6.45, 7) is 0.181. The van der Waals surface area contributed by atoms with Gasteiger partial charge in [0, 0.05) is 5.56 Å². The monoisotopic (exact) mass is 449 g/mol. The van der Waals surface area contributed by atoms with Crippen molar-refractivity contribution in [2.45, 2.75) is 6.61 Å². The number of ether oxygens (including phenoxy) is 2. The van der Waals surface area contributed by atoms with Crippen LogP contribution in [0.1, 0.15) is 15.9 Å². The van der Waals surface area contributed by atoms with E-state index in [0.29, 0.717) is 28.5 Å². The molecule has 0 unspecified atom stereocenters. The molecule has 0 fully saturated rings. The maximum atomic E-state index is 13.1. The lowest BCUT2D eigenvalue weighted by atomic mass is 10.1. The number of rotatable bonds is 8. The summed E-state index contributed by atoms with van der Waals surface area (Å²) < 4.78 is 24.0. The van der Waals surface area contributed by atoms with Crippen molar-refractivity contribution in [1.29, 1.82) is 0 Å². The second-order valence-corrected chi connectivity index (χ2v) is 6.93. The normalized spacial score (nSPS) is 10.6. The Balaban J connectivity index is 1.62. The second kappa shape index (κ2) is 9.22. The molecule has 0 saturated heterocycles. The van der Waals surface area contributed by atoms with Crippen molar-refractivity contribution in [3.63, 3.8) is 0 Å². The zero-order valence-corrected chi connectivity index (χ0v) is 17.5. The molecule has 0 atom stereocenters. The summed E-state index contributed by atoms with van der Waals surface area (Å²) in [7, 11) is 1.46. The number of aromatic amines is 1. The van der Waals surface area contributed by atoms with Gasteiger partial charge in [-0.05, 0) is 29.8 Å². The van der Waals surface area contributed by atoms with Gasteiger partial charge in [0.15, 0.2) is 11.6 Å². The van der Waals surface area contributed by atoms with Crippen LogP contribution >= 0.6 is 0 Å². The summed E-state index contributed by atoms with van der Waals surface area (Å²) in [5.41, 5.74) is 13.9. The van der Waals surface area contributed by atoms with E-state index in [-0.39, 0.29) is 29.7 Å². The van der Waals surface area contributed by atoms with E-state index in [4.69, 9.17) is 20.9 Å². The first kappa shape index (κ1) is 21.6. The molecule has 1 amide bonds. The first-order valence-electron chi connectivity index (χ1n) is 9.73. The van der Waals surface area contributed by atoms with Crippen molar-refractivity contribution in [2.75, 3.05) is 18.2 Å². The number of methoxy groups -OCH3 is 1. The Hall–Kier alpha value is -4.67. The van der Waals surface area contributed by atoms with Gasteiger partial charge in [0.1, 0.15) is 23.7 Å². The molecule has 0 aliphatic rings. The van der Waals surface area contributed by atoms with E-state index in [9.17, 15) is 9.18 Å². The van der Waals surface area contributed by atoms with Crippen LogP contribution in [0.4, 0.5) is 21.7 Å². The van der Waals surface area contributed by atoms with E-state index in [1.54, 1.807) is 30.3 Å². The fourth-order valence-corrected chi connectivity index (χ4v) is 3.07. The van der Waals surface area contributed by atoms with Crippen LogP contribution in [-0.4, -0.2) is 33.2 Å². The summed E-state index contributed by atoms with van der Waals surface area (Å²) >= 11 is 0. The van der Waals surface area contributed by atoms with Crippen LogP contribution < -0.4 is 26.3 Å². The van der Waals surface area contributed by atoms with Crippen LogP contribution in [0.3, 0.4) is 0 Å². The Bertz CT molecular complexity index is 1290. The molecule has 0 saturated carbocycles. The van der Waals surface area contributed by atoms with Gasteiger partial charge in [0.05, 0.1) is 30.9 Å². The average molecular weight is 449 g/mol. The van der Waals surface area contributed by atoms with Gasteiger partial charge < -0.3 is 26.3 Å². The Kier molecular flexibility index (Phi) is 6.02. The molecule has 0 bridgehead atoms. The number of halogens is 1. The van der Waals surface area contributed by atoms with Crippen LogP contribution in [-0.2, 0) is 6.61 Å². The highest BCUT2D eigenvalue weighted by Gasteiger charge is 2.21. The van der Waals surface area contributed by atoms with Crippen molar-refractivity contribution in [2.24, 2.45) is 5.73 Å². The number of nitrogens with zero attached hydrogens (tertiary/aromatic N) is 3. The number of anilines is 3. The number of amides is 1. The highest BCUT2D eigenvalue weighted by molar-refractivity contribution is 6.04. The Labute approximate surface area is 187 Å². The molecule has 33 heavy (non-hydrogen) atoms. The summed E-state index contributed by atoms with van der Waals surface area (Å²) in [4.78, 5) is 20.5. The summed E-state index contributed by atoms with van der Waals surface area (Å²) in [5, 5.41) is 9.89. The number of nitrogens with two attached hydrogens (primary N) is 2. The third kappa shape index (κ3) is 4.82. The number of H-pyrrole nitrogens is 1. The molecule has 0 spiro atoms. The van der Waals surface area contributed by atoms with Crippen molar-refractivity contribution in [1.82, 2.24) is 20.2 Å². The molecule has 2 aromatic heterocycles. The molecule has 4 aromatic rings. The van der Waals surface area contributed by atoms with Crippen molar-refractivity contribution >= 4 is 23.2 Å². The number of carbonyl (C=O) groups is 1. The van der Waals surface area contributed by atoms with Gasteiger partial charge >= 0.3 is 0 Å². The summed E-state index contributed by atoms with van der Waals surface area (Å²) in [6, 6.07) is 10.9. The third-order valence-electron chi connectivity index (χ3n) is 4.69. The zero-order valence-electron chi connectivity index (χ0n) is 17.5. The number of primary amides is 1. The van der Waals surface area contributed by atoms with Crippen LogP contribution in [0.25, 0.3) is 11.3 Å². The van der Waals surface area contributed by atoms with Gasteiger partial charge in [0.2, 0.25) is 5.88 Å². The lowest BCUT2D eigenvalue weighted by Crippen LogP contribution is -2.13. The molecule has 11 heteroatoms. The number of nitrogen functional groups attached to an aromatic ring is 1. The minimum Gasteiger partial charge on any atom is -0.487 e. The smallest absolute Gasteiger partial charge is 0.254 e. The lowest BCUT2D eigenvalue weighted by Gasteiger charge is -2.11. The maximum absolute atomic E-state index is 13.1. The number of benzene rings is 2. The molecule has 2 heterocycles. The molecule has 0 aliphatic heterocycles. The van der Waals surface area contributed by atoms with Gasteiger partial charge in [-0.3, -0.25) is 14.9 Å². The molecule has 6 N–H and O–H groups in total. The largest absolute Gasteiger partial charge is 0.487 e. The van der Waals surface area contributed by atoms with E-state index in [1.165, 1.54) is 31.6 Å². The first-order valence-corrected chi connectivity index (χ1v) is 9.73. The number of carbonyl (C=O) groups excluding carboxylic acids is 1. The minimum absolute atomic E-state index is 0.119. The highest BCUT2D eigenvalue weighted by atomic mass is 19.1. The van der Waals surface area contributed by atoms with Crippen molar-refractivity contribution in [3.05, 3.63) is 71.8 Å². The average Bonchev–Trinajstić information content (AvgIpc) is 3.23. The van der Waals surface area contributed by atoms with Crippen LogP contribution in [0.2, 0.25) is 0 Å². The molecule has 168 valence electrons. The minimum atomic E-state index is -0.706. The zero-order chi connectivity index (χ0) is 23.4. The fraction of sp³-hybridized carbons (Fsp3) is 0.0909. The highest BCUT2D eigenvalue weighted by Crippen LogP contribution is 2.33. The first-order chi connectivity index (χ1) is 15.9. The summed E-state index contributed by atoms with van der Waals surface area (Å²) in [5.74, 6) is 0.125. The number of aromatic nitrogens is 4. The second-order valence-electron chi connectivity index (χ2n) is 6.93. The number of nitrogens with one attached hydrogen (secondary N) is 2. The van der Waals surface area contributed by atoms with E-state index >= 15 is 0 Å². The molecule has 0 radical (unpaired) electrons. The Morgan fingerprint density at radius 2 is 1.97 bits per heavy atom. The van der Waals surface area contributed by atoms with Crippen LogP contribution in [0, 0.1) is 5.82 Å². The van der Waals surface area contributed by atoms with Gasteiger partial charge in [0.25, 0.3) is 5.91 Å². The fourth-order valence-electron chi connectivity index (χ4n) is 3.07. The standard InChI is InChI=1S/C22H20FN7O3/c1-32-18-10-26-9-17(27-18)28-22-19(21(25)31)20(29-30-22)13-4-7-15(24)16(8-13)33-11-12-2-5-14(23)6-3-12/h2-10H,11,24H2,1H3,(H2,25,31)(H2,27,28,29,30).